The van der Waals surface area contributed by atoms with Gasteiger partial charge in [0.05, 0.1) is 16.8 Å². The molecule has 0 unspecified atom stereocenters. The van der Waals surface area contributed by atoms with Crippen LogP contribution in [0.2, 0.25) is 0 Å². The van der Waals surface area contributed by atoms with Crippen molar-refractivity contribution in [1.29, 1.82) is 0 Å². The molecule has 0 saturated carbocycles. The van der Waals surface area contributed by atoms with Gasteiger partial charge >= 0.3 is 0 Å². The Bertz CT molecular complexity index is 703. The monoisotopic (exact) mass is 281 g/mol. The zero-order chi connectivity index (χ0) is 13.2. The Hall–Kier alpha value is -1.60. The fourth-order valence-corrected chi connectivity index (χ4v) is 2.62. The molecule has 0 atom stereocenters. The fourth-order valence-electron chi connectivity index (χ4n) is 1.46. The predicted octanol–water partition coefficient (Wildman–Crippen LogP) is 1.99. The molecular formula is C11H11N3O2S2. The van der Waals surface area contributed by atoms with E-state index in [9.17, 15) is 8.42 Å². The smallest absolute Gasteiger partial charge is 0.180 e. The van der Waals surface area contributed by atoms with E-state index in [-0.39, 0.29) is 10.6 Å². The Morgan fingerprint density at radius 2 is 2.17 bits per heavy atom. The van der Waals surface area contributed by atoms with Gasteiger partial charge in [-0.05, 0) is 12.1 Å². The van der Waals surface area contributed by atoms with Crippen molar-refractivity contribution in [3.8, 4) is 11.4 Å². The summed E-state index contributed by atoms with van der Waals surface area (Å²) >= 11 is 4.89. The Morgan fingerprint density at radius 3 is 2.78 bits per heavy atom. The van der Waals surface area contributed by atoms with Gasteiger partial charge in [0.1, 0.15) is 16.0 Å². The van der Waals surface area contributed by atoms with E-state index in [4.69, 9.17) is 12.2 Å². The van der Waals surface area contributed by atoms with Crippen molar-refractivity contribution < 1.29 is 8.42 Å². The lowest BCUT2D eigenvalue weighted by Crippen LogP contribution is -2.07. The molecule has 0 fully saturated rings. The summed E-state index contributed by atoms with van der Waals surface area (Å²) in [5.74, 6) is 0.0223. The second-order valence-electron chi connectivity index (χ2n) is 3.55. The molecule has 0 radical (unpaired) electrons. The van der Waals surface area contributed by atoms with E-state index in [1.807, 2.05) is 0 Å². The van der Waals surface area contributed by atoms with Crippen LogP contribution >= 0.6 is 12.2 Å². The van der Waals surface area contributed by atoms with Crippen LogP contribution in [0.4, 0.5) is 0 Å². The molecule has 2 aromatic heterocycles. The number of hydrogen-bond acceptors (Lipinski definition) is 5. The molecule has 0 aliphatic heterocycles. The summed E-state index contributed by atoms with van der Waals surface area (Å²) in [6.45, 7) is 1.60. The maximum Gasteiger partial charge on any atom is 0.180 e. The lowest BCUT2D eigenvalue weighted by Gasteiger charge is -2.07. The average molecular weight is 281 g/mol. The topological polar surface area (TPSA) is 75.7 Å². The molecule has 0 spiro atoms. The minimum absolute atomic E-state index is 0.0223. The van der Waals surface area contributed by atoms with Gasteiger partial charge in [0.15, 0.2) is 9.84 Å². The Labute approximate surface area is 110 Å². The normalized spacial score (nSPS) is 11.4. The predicted molar refractivity (Wildman–Crippen MR) is 70.4 cm³/mol. The van der Waals surface area contributed by atoms with Crippen LogP contribution in [-0.4, -0.2) is 29.1 Å². The fraction of sp³-hybridized carbons (Fsp3) is 0.182. The average Bonchev–Trinajstić information content (AvgIpc) is 2.40. The molecule has 2 heterocycles. The second-order valence-corrected chi connectivity index (χ2v) is 6.24. The van der Waals surface area contributed by atoms with Crippen LogP contribution in [0.1, 0.15) is 6.92 Å². The number of hydrogen-bond donors (Lipinski definition) is 1. The van der Waals surface area contributed by atoms with Crippen molar-refractivity contribution in [2.45, 2.75) is 11.8 Å². The first-order valence-corrected chi connectivity index (χ1v) is 7.33. The van der Waals surface area contributed by atoms with E-state index in [0.717, 1.165) is 0 Å². The summed E-state index contributed by atoms with van der Waals surface area (Å²) in [5, 5.41) is 0. The van der Waals surface area contributed by atoms with Crippen molar-refractivity contribution in [2.24, 2.45) is 0 Å². The van der Waals surface area contributed by atoms with Crippen LogP contribution in [0.3, 0.4) is 0 Å². The SMILES string of the molecule is CCS(=O)(=O)c1cccnc1-c1c[nH]c(=S)cn1. The highest BCUT2D eigenvalue weighted by Crippen LogP contribution is 2.23. The van der Waals surface area contributed by atoms with Gasteiger partial charge in [0.2, 0.25) is 0 Å². The van der Waals surface area contributed by atoms with Crippen LogP contribution in [0.25, 0.3) is 11.4 Å². The summed E-state index contributed by atoms with van der Waals surface area (Å²) in [6.07, 6.45) is 4.55. The van der Waals surface area contributed by atoms with Crippen LogP contribution in [0.15, 0.2) is 35.6 Å². The van der Waals surface area contributed by atoms with Gasteiger partial charge in [-0.2, -0.15) is 0 Å². The van der Waals surface area contributed by atoms with E-state index in [0.29, 0.717) is 16.0 Å². The van der Waals surface area contributed by atoms with Crippen LogP contribution < -0.4 is 0 Å². The number of nitrogens with zero attached hydrogens (tertiary/aromatic N) is 2. The number of aromatic nitrogens is 3. The van der Waals surface area contributed by atoms with Crippen molar-refractivity contribution in [3.05, 3.63) is 35.4 Å². The molecule has 0 aliphatic rings. The maximum absolute atomic E-state index is 12.0. The molecule has 1 N–H and O–H groups in total. The van der Waals surface area contributed by atoms with Gasteiger partial charge in [-0.25, -0.2) is 13.4 Å². The van der Waals surface area contributed by atoms with E-state index in [1.165, 1.54) is 18.5 Å². The first kappa shape index (κ1) is 12.8. The van der Waals surface area contributed by atoms with Crippen LogP contribution in [-0.2, 0) is 9.84 Å². The first-order valence-electron chi connectivity index (χ1n) is 5.27. The number of pyridine rings is 1. The molecule has 0 aromatic carbocycles. The standard InChI is InChI=1S/C11H11N3O2S2/c1-2-18(15,16)9-4-3-5-12-11(9)8-6-14-10(17)7-13-8/h3-7H,2H2,1H3,(H,14,17). The highest BCUT2D eigenvalue weighted by Gasteiger charge is 2.18. The molecule has 0 aliphatic carbocycles. The second kappa shape index (κ2) is 4.95. The van der Waals surface area contributed by atoms with E-state index >= 15 is 0 Å². The Morgan fingerprint density at radius 1 is 1.39 bits per heavy atom. The lowest BCUT2D eigenvalue weighted by molar-refractivity contribution is 0.597. The van der Waals surface area contributed by atoms with Gasteiger partial charge in [0, 0.05) is 12.4 Å². The molecule has 94 valence electrons. The zero-order valence-electron chi connectivity index (χ0n) is 9.62. The largest absolute Gasteiger partial charge is 0.349 e. The zero-order valence-corrected chi connectivity index (χ0v) is 11.3. The lowest BCUT2D eigenvalue weighted by atomic mass is 10.3. The highest BCUT2D eigenvalue weighted by molar-refractivity contribution is 7.91. The van der Waals surface area contributed by atoms with E-state index in [1.54, 1.807) is 19.2 Å². The third kappa shape index (κ3) is 2.46. The van der Waals surface area contributed by atoms with Crippen LogP contribution in [0.5, 0.6) is 0 Å². The van der Waals surface area contributed by atoms with Crippen LogP contribution in [0, 0.1) is 4.64 Å². The van der Waals surface area contributed by atoms with Gasteiger partial charge < -0.3 is 4.98 Å². The van der Waals surface area contributed by atoms with Gasteiger partial charge in [-0.1, -0.05) is 19.1 Å². The summed E-state index contributed by atoms with van der Waals surface area (Å²) in [4.78, 5) is 11.2. The number of H-pyrrole nitrogens is 1. The van der Waals surface area contributed by atoms with Gasteiger partial charge in [-0.15, -0.1) is 0 Å². The Balaban J connectivity index is 2.66. The van der Waals surface area contributed by atoms with Crippen molar-refractivity contribution in [3.63, 3.8) is 0 Å². The number of nitrogens with one attached hydrogen (secondary N) is 1. The van der Waals surface area contributed by atoms with Gasteiger partial charge in [-0.3, -0.25) is 4.98 Å². The summed E-state index contributed by atoms with van der Waals surface area (Å²) < 4.78 is 24.4. The third-order valence-electron chi connectivity index (χ3n) is 2.40. The molecule has 5 nitrogen and oxygen atoms in total. The Kier molecular flexibility index (Phi) is 3.53. The summed E-state index contributed by atoms with van der Waals surface area (Å²) in [6, 6.07) is 3.13. The molecular weight excluding hydrogens is 270 g/mol. The molecule has 2 rings (SSSR count). The van der Waals surface area contributed by atoms with Crippen molar-refractivity contribution in [2.75, 3.05) is 5.75 Å². The summed E-state index contributed by atoms with van der Waals surface area (Å²) in [7, 11) is -3.33. The molecule has 0 saturated heterocycles. The molecule has 2 aromatic rings. The molecule has 0 bridgehead atoms. The number of rotatable bonds is 3. The molecule has 7 heteroatoms. The minimum Gasteiger partial charge on any atom is -0.349 e. The van der Waals surface area contributed by atoms with Crippen molar-refractivity contribution >= 4 is 22.1 Å². The van der Waals surface area contributed by atoms with Crippen molar-refractivity contribution in [1.82, 2.24) is 15.0 Å². The third-order valence-corrected chi connectivity index (χ3v) is 4.38. The molecule has 0 amide bonds. The highest BCUT2D eigenvalue weighted by atomic mass is 32.2. The summed E-state index contributed by atoms with van der Waals surface area (Å²) in [5.41, 5.74) is 0.793. The first-order chi connectivity index (χ1) is 8.54. The van der Waals surface area contributed by atoms with E-state index < -0.39 is 9.84 Å². The van der Waals surface area contributed by atoms with Gasteiger partial charge in [0.25, 0.3) is 0 Å². The number of aromatic amines is 1. The quantitative estimate of drug-likeness (QED) is 0.871. The molecule has 18 heavy (non-hydrogen) atoms. The minimum atomic E-state index is -3.33. The van der Waals surface area contributed by atoms with E-state index in [2.05, 4.69) is 15.0 Å². The number of sulfone groups is 1. The maximum atomic E-state index is 12.0.